The number of fused-ring (bicyclic) bond motifs is 2. The molecule has 0 amide bonds. The molecule has 7 atom stereocenters. The highest BCUT2D eigenvalue weighted by Gasteiger charge is 2.70. The number of carbonyl (C=O) groups excluding carboxylic acids is 1. The molecule has 4 aliphatic heterocycles. The summed E-state index contributed by atoms with van der Waals surface area (Å²) in [5.41, 5.74) is -0.773. The Balaban J connectivity index is 1.62. The molecule has 2 bridgehead atoms. The molecule has 5 fully saturated rings. The van der Waals surface area contributed by atoms with Crippen LogP contribution in [-0.4, -0.2) is 72.8 Å². The second-order valence-electron chi connectivity index (χ2n) is 10.7. The topological polar surface area (TPSA) is 60.5 Å². The minimum absolute atomic E-state index is 0.0222. The van der Waals surface area contributed by atoms with Crippen LogP contribution in [0.15, 0.2) is 0 Å². The Hall–Kier alpha value is -0.170. The molecule has 7 nitrogen and oxygen atoms in total. The lowest BCUT2D eigenvalue weighted by Crippen LogP contribution is -2.70. The van der Waals surface area contributed by atoms with Gasteiger partial charge in [-0.1, -0.05) is 54.9 Å². The van der Waals surface area contributed by atoms with Gasteiger partial charge in [0, 0.05) is 44.4 Å². The van der Waals surface area contributed by atoms with Crippen molar-refractivity contribution < 1.29 is 24.0 Å². The van der Waals surface area contributed by atoms with Gasteiger partial charge in [0.25, 0.3) is 0 Å². The Labute approximate surface area is 241 Å². The van der Waals surface area contributed by atoms with Crippen LogP contribution in [0, 0.1) is 23.7 Å². The van der Waals surface area contributed by atoms with Gasteiger partial charge in [-0.25, -0.2) is 9.78 Å². The van der Waals surface area contributed by atoms with E-state index in [0.717, 1.165) is 60.5 Å². The van der Waals surface area contributed by atoms with E-state index < -0.39 is 17.7 Å². The van der Waals surface area contributed by atoms with Crippen molar-refractivity contribution in [3.05, 3.63) is 0 Å². The number of esters is 1. The SMILES string of the molecule is CCN(CC)C(=S)SC(CC1C(=O)O[C@@H]2O[C@@]3(C)CC[C@H]4[C@H](C)CC[C@@H]1[C@@]24OO3)SC(=S)N(CC)CC. The minimum Gasteiger partial charge on any atom is -0.432 e. The Bertz CT molecular complexity index is 846. The average Bonchev–Trinajstić information content (AvgIpc) is 3.09. The van der Waals surface area contributed by atoms with Gasteiger partial charge in [-0.3, -0.25) is 4.79 Å². The van der Waals surface area contributed by atoms with Gasteiger partial charge in [-0.15, -0.1) is 0 Å². The lowest BCUT2D eigenvalue weighted by Gasteiger charge is -2.58. The van der Waals surface area contributed by atoms with E-state index in [2.05, 4.69) is 44.4 Å². The van der Waals surface area contributed by atoms with Crippen LogP contribution in [0.3, 0.4) is 0 Å². The van der Waals surface area contributed by atoms with E-state index in [1.54, 1.807) is 23.5 Å². The largest absolute Gasteiger partial charge is 0.432 e. The molecule has 5 aliphatic rings. The fraction of sp³-hybridized carbons (Fsp3) is 0.885. The van der Waals surface area contributed by atoms with Crippen LogP contribution in [0.5, 0.6) is 0 Å². The summed E-state index contributed by atoms with van der Waals surface area (Å²) in [5, 5.41) is 0. The number of hydrogen-bond acceptors (Lipinski definition) is 9. The number of nitrogens with zero attached hydrogens (tertiary/aromatic N) is 2. The van der Waals surface area contributed by atoms with Crippen LogP contribution in [0.25, 0.3) is 0 Å². The summed E-state index contributed by atoms with van der Waals surface area (Å²) in [7, 11) is 0. The van der Waals surface area contributed by atoms with Crippen molar-refractivity contribution in [2.75, 3.05) is 26.2 Å². The molecule has 210 valence electrons. The van der Waals surface area contributed by atoms with E-state index in [-0.39, 0.29) is 28.3 Å². The standard InChI is InChI=1S/C26H42N2O5S4/c1-7-27(8-2)23(34)36-20(37-24(35)28(9-3)10-4)15-17-19-12-11-16(5)18-13-14-25(6)31-22(30-21(17)29)26(18,19)33-32-25/h16-20,22H,7-15H2,1-6H3/t16-,17?,18+,19+,22-,25-,26-/m1/s1. The third-order valence-corrected chi connectivity index (χ3v) is 12.2. The Kier molecular flexibility index (Phi) is 9.78. The first-order valence-corrected chi connectivity index (χ1v) is 16.4. The van der Waals surface area contributed by atoms with Gasteiger partial charge < -0.3 is 19.3 Å². The van der Waals surface area contributed by atoms with E-state index in [9.17, 15) is 4.79 Å². The van der Waals surface area contributed by atoms with Crippen molar-refractivity contribution in [1.29, 1.82) is 0 Å². The van der Waals surface area contributed by atoms with Crippen molar-refractivity contribution in [3.63, 3.8) is 0 Å². The van der Waals surface area contributed by atoms with Crippen molar-refractivity contribution in [2.24, 2.45) is 23.7 Å². The van der Waals surface area contributed by atoms with Crippen molar-refractivity contribution in [2.45, 2.75) is 95.9 Å². The quantitative estimate of drug-likeness (QED) is 0.149. The van der Waals surface area contributed by atoms with Gasteiger partial charge >= 0.3 is 5.97 Å². The molecule has 0 aromatic heterocycles. The van der Waals surface area contributed by atoms with Crippen molar-refractivity contribution >= 4 is 62.6 Å². The first kappa shape index (κ1) is 29.8. The zero-order chi connectivity index (χ0) is 27.0. The third kappa shape index (κ3) is 5.70. The van der Waals surface area contributed by atoms with Gasteiger partial charge in [0.1, 0.15) is 8.64 Å². The molecule has 1 unspecified atom stereocenters. The molecule has 0 aromatic rings. The highest BCUT2D eigenvalue weighted by Crippen LogP contribution is 2.60. The summed E-state index contributed by atoms with van der Waals surface area (Å²) in [5.74, 6) is -0.829. The number of hydrogen-bond donors (Lipinski definition) is 0. The number of ether oxygens (including phenoxy) is 2. The molecule has 0 radical (unpaired) electrons. The van der Waals surface area contributed by atoms with Crippen LogP contribution in [-0.2, 0) is 24.0 Å². The van der Waals surface area contributed by atoms with Crippen LogP contribution in [0.4, 0.5) is 0 Å². The maximum absolute atomic E-state index is 13.6. The summed E-state index contributed by atoms with van der Waals surface area (Å²) in [4.78, 5) is 30.2. The molecule has 4 saturated heterocycles. The number of thiocarbonyl (C=S) groups is 2. The second-order valence-corrected chi connectivity index (χ2v) is 14.7. The highest BCUT2D eigenvalue weighted by atomic mass is 32.2. The molecular formula is C26H42N2O5S4. The fourth-order valence-electron chi connectivity index (χ4n) is 6.54. The number of thioether (sulfide) groups is 2. The van der Waals surface area contributed by atoms with Gasteiger partial charge in [-0.05, 0) is 66.2 Å². The summed E-state index contributed by atoms with van der Waals surface area (Å²) >= 11 is 15.0. The summed E-state index contributed by atoms with van der Waals surface area (Å²) in [6, 6.07) is 0. The normalized spacial score (nSPS) is 36.5. The lowest BCUT2D eigenvalue weighted by atomic mass is 9.57. The van der Waals surface area contributed by atoms with Crippen molar-refractivity contribution in [1.82, 2.24) is 9.80 Å². The molecule has 1 aliphatic carbocycles. The predicted molar refractivity (Wildman–Crippen MR) is 157 cm³/mol. The van der Waals surface area contributed by atoms with E-state index in [1.165, 1.54) is 0 Å². The molecular weight excluding hydrogens is 549 g/mol. The smallest absolute Gasteiger partial charge is 0.311 e. The summed E-state index contributed by atoms with van der Waals surface area (Å²) < 4.78 is 14.0. The van der Waals surface area contributed by atoms with E-state index in [0.29, 0.717) is 12.3 Å². The zero-order valence-electron chi connectivity index (χ0n) is 22.9. The molecule has 4 heterocycles. The minimum atomic E-state index is -0.884. The zero-order valence-corrected chi connectivity index (χ0v) is 26.2. The van der Waals surface area contributed by atoms with Crippen molar-refractivity contribution in [3.8, 4) is 0 Å². The van der Waals surface area contributed by atoms with Crippen LogP contribution < -0.4 is 0 Å². The van der Waals surface area contributed by atoms with E-state index in [4.69, 9.17) is 43.7 Å². The van der Waals surface area contributed by atoms with Crippen LogP contribution >= 0.6 is 48.0 Å². The highest BCUT2D eigenvalue weighted by molar-refractivity contribution is 8.36. The first-order valence-electron chi connectivity index (χ1n) is 13.8. The van der Waals surface area contributed by atoms with E-state index in [1.807, 2.05) is 6.92 Å². The van der Waals surface area contributed by atoms with Crippen LogP contribution in [0.2, 0.25) is 0 Å². The third-order valence-electron chi connectivity index (χ3n) is 8.74. The second kappa shape index (κ2) is 12.1. The number of rotatable bonds is 8. The summed E-state index contributed by atoms with van der Waals surface area (Å²) in [6.45, 7) is 16.0. The van der Waals surface area contributed by atoms with Gasteiger partial charge in [0.2, 0.25) is 12.1 Å². The fourth-order valence-corrected chi connectivity index (χ4v) is 10.7. The molecule has 0 N–H and O–H groups in total. The Morgan fingerprint density at radius 1 is 0.973 bits per heavy atom. The molecule has 0 aromatic carbocycles. The maximum Gasteiger partial charge on any atom is 0.311 e. The Morgan fingerprint density at radius 2 is 1.57 bits per heavy atom. The van der Waals surface area contributed by atoms with Gasteiger partial charge in [-0.2, -0.15) is 0 Å². The lowest BCUT2D eigenvalue weighted by molar-refractivity contribution is -0.559. The molecule has 1 spiro atoms. The number of carbonyl (C=O) groups is 1. The molecule has 1 saturated carbocycles. The Morgan fingerprint density at radius 3 is 2.14 bits per heavy atom. The van der Waals surface area contributed by atoms with Gasteiger partial charge in [0.15, 0.2) is 5.60 Å². The van der Waals surface area contributed by atoms with Gasteiger partial charge in [0.05, 0.1) is 10.5 Å². The monoisotopic (exact) mass is 590 g/mol. The molecule has 11 heteroatoms. The van der Waals surface area contributed by atoms with E-state index >= 15 is 0 Å². The predicted octanol–water partition coefficient (Wildman–Crippen LogP) is 5.81. The first-order chi connectivity index (χ1) is 17.6. The average molecular weight is 591 g/mol. The molecule has 37 heavy (non-hydrogen) atoms. The summed E-state index contributed by atoms with van der Waals surface area (Å²) in [6.07, 6.45) is 3.44. The molecule has 5 rings (SSSR count). The maximum atomic E-state index is 13.6. The van der Waals surface area contributed by atoms with Crippen LogP contribution in [0.1, 0.15) is 73.6 Å².